The molecule has 118 valence electrons. The van der Waals surface area contributed by atoms with Crippen LogP contribution in [0.15, 0.2) is 24.3 Å². The molecule has 0 aromatic heterocycles. The maximum Gasteiger partial charge on any atom is 0.281 e. The predicted octanol–water partition coefficient (Wildman–Crippen LogP) is 1.01. The topological polar surface area (TPSA) is 53.1 Å². The molecule has 1 aliphatic rings. The van der Waals surface area contributed by atoms with Crippen molar-refractivity contribution in [2.75, 3.05) is 51.8 Å². The van der Waals surface area contributed by atoms with E-state index in [1.165, 1.54) is 8.61 Å². The van der Waals surface area contributed by atoms with Gasteiger partial charge in [-0.15, -0.1) is 0 Å². The molecule has 0 bridgehead atoms. The van der Waals surface area contributed by atoms with E-state index in [0.717, 1.165) is 11.4 Å². The summed E-state index contributed by atoms with van der Waals surface area (Å²) in [7, 11) is -0.194. The first kappa shape index (κ1) is 16.1. The third-order valence-electron chi connectivity index (χ3n) is 3.53. The van der Waals surface area contributed by atoms with Gasteiger partial charge in [0.1, 0.15) is 5.75 Å². The number of ether oxygens (including phenoxy) is 1. The lowest BCUT2D eigenvalue weighted by Crippen LogP contribution is -2.51. The van der Waals surface area contributed by atoms with Crippen molar-refractivity contribution in [3.63, 3.8) is 0 Å². The van der Waals surface area contributed by atoms with Crippen LogP contribution in [0.25, 0.3) is 0 Å². The van der Waals surface area contributed by atoms with Crippen LogP contribution in [0.3, 0.4) is 0 Å². The molecular weight excluding hydrogens is 290 g/mol. The minimum atomic E-state index is -3.32. The van der Waals surface area contributed by atoms with E-state index in [9.17, 15) is 8.42 Å². The van der Waals surface area contributed by atoms with Crippen molar-refractivity contribution in [1.29, 1.82) is 0 Å². The smallest absolute Gasteiger partial charge is 0.281 e. The van der Waals surface area contributed by atoms with Crippen LogP contribution in [0.1, 0.15) is 6.92 Å². The van der Waals surface area contributed by atoms with Crippen LogP contribution in [-0.2, 0) is 10.2 Å². The van der Waals surface area contributed by atoms with Crippen LogP contribution in [0, 0.1) is 0 Å². The Morgan fingerprint density at radius 1 is 1.14 bits per heavy atom. The van der Waals surface area contributed by atoms with Crippen molar-refractivity contribution in [1.82, 2.24) is 8.61 Å². The number of anilines is 1. The highest BCUT2D eigenvalue weighted by Crippen LogP contribution is 2.29. The van der Waals surface area contributed by atoms with Gasteiger partial charge in [-0.25, -0.2) is 0 Å². The first-order valence-electron chi connectivity index (χ1n) is 7.11. The summed E-state index contributed by atoms with van der Waals surface area (Å²) in [6, 6.07) is 7.88. The normalized spacial score (nSPS) is 17.2. The van der Waals surface area contributed by atoms with Crippen molar-refractivity contribution in [2.24, 2.45) is 0 Å². The average molecular weight is 313 g/mol. The maximum atomic E-state index is 12.1. The highest BCUT2D eigenvalue weighted by atomic mass is 32.2. The summed E-state index contributed by atoms with van der Waals surface area (Å²) in [5.41, 5.74) is 1.03. The second kappa shape index (κ2) is 6.64. The van der Waals surface area contributed by atoms with Crippen LogP contribution in [0.4, 0.5) is 5.69 Å². The first-order chi connectivity index (χ1) is 9.96. The molecule has 0 saturated carbocycles. The molecule has 1 aromatic rings. The monoisotopic (exact) mass is 313 g/mol. The highest BCUT2D eigenvalue weighted by Gasteiger charge is 2.29. The van der Waals surface area contributed by atoms with E-state index < -0.39 is 10.2 Å². The first-order valence-corrected chi connectivity index (χ1v) is 8.51. The molecule has 0 amide bonds. The summed E-state index contributed by atoms with van der Waals surface area (Å²) in [6.07, 6.45) is 0. The molecule has 1 fully saturated rings. The fourth-order valence-corrected chi connectivity index (χ4v) is 3.47. The van der Waals surface area contributed by atoms with Crippen LogP contribution in [-0.4, -0.2) is 63.9 Å². The predicted molar refractivity (Wildman–Crippen MR) is 84.0 cm³/mol. The molecule has 2 rings (SSSR count). The standard InChI is InChI=1S/C14H23N3O3S/c1-4-20-14-8-6-5-7-13(14)16-9-11-17(12-10-16)21(18,19)15(2)3/h5-8H,4,9-12H2,1-3H3. The van der Waals surface area contributed by atoms with Crippen molar-refractivity contribution in [3.05, 3.63) is 24.3 Å². The summed E-state index contributed by atoms with van der Waals surface area (Å²) >= 11 is 0. The highest BCUT2D eigenvalue weighted by molar-refractivity contribution is 7.86. The number of piperazine rings is 1. The van der Waals surface area contributed by atoms with Gasteiger partial charge in [0.25, 0.3) is 10.2 Å². The lowest BCUT2D eigenvalue weighted by atomic mass is 10.2. The molecule has 0 unspecified atom stereocenters. The van der Waals surface area contributed by atoms with Crippen molar-refractivity contribution >= 4 is 15.9 Å². The fraction of sp³-hybridized carbons (Fsp3) is 0.571. The van der Waals surface area contributed by atoms with E-state index in [1.54, 1.807) is 14.1 Å². The molecule has 1 saturated heterocycles. The average Bonchev–Trinajstić information content (AvgIpc) is 2.48. The number of hydrogen-bond acceptors (Lipinski definition) is 4. The van der Waals surface area contributed by atoms with Gasteiger partial charge in [-0.3, -0.25) is 0 Å². The van der Waals surface area contributed by atoms with E-state index in [4.69, 9.17) is 4.74 Å². The summed E-state index contributed by atoms with van der Waals surface area (Å²) < 4.78 is 32.6. The Morgan fingerprint density at radius 2 is 1.76 bits per heavy atom. The number of rotatable bonds is 5. The minimum Gasteiger partial charge on any atom is -0.492 e. The van der Waals surface area contributed by atoms with Crippen LogP contribution < -0.4 is 9.64 Å². The van der Waals surface area contributed by atoms with E-state index in [2.05, 4.69) is 4.90 Å². The van der Waals surface area contributed by atoms with Crippen molar-refractivity contribution < 1.29 is 13.2 Å². The van der Waals surface area contributed by atoms with Crippen molar-refractivity contribution in [3.8, 4) is 5.75 Å². The zero-order valence-corrected chi connectivity index (χ0v) is 13.6. The van der Waals surface area contributed by atoms with Gasteiger partial charge in [0.2, 0.25) is 0 Å². The summed E-state index contributed by atoms with van der Waals surface area (Å²) in [4.78, 5) is 2.17. The Morgan fingerprint density at radius 3 is 2.33 bits per heavy atom. The minimum absolute atomic E-state index is 0.487. The third kappa shape index (κ3) is 3.48. The van der Waals surface area contributed by atoms with E-state index >= 15 is 0 Å². The van der Waals surface area contributed by atoms with Crippen LogP contribution in [0.5, 0.6) is 5.75 Å². The molecule has 0 aliphatic carbocycles. The summed E-state index contributed by atoms with van der Waals surface area (Å²) in [5, 5.41) is 0. The number of benzene rings is 1. The van der Waals surface area contributed by atoms with Gasteiger partial charge in [0, 0.05) is 40.3 Å². The van der Waals surface area contributed by atoms with Crippen LogP contribution >= 0.6 is 0 Å². The van der Waals surface area contributed by atoms with Gasteiger partial charge in [-0.1, -0.05) is 12.1 Å². The molecule has 6 nitrogen and oxygen atoms in total. The van der Waals surface area contributed by atoms with Crippen molar-refractivity contribution in [2.45, 2.75) is 6.92 Å². The largest absolute Gasteiger partial charge is 0.492 e. The zero-order valence-electron chi connectivity index (χ0n) is 12.8. The number of para-hydroxylation sites is 2. The van der Waals surface area contributed by atoms with Gasteiger partial charge in [0.05, 0.1) is 12.3 Å². The molecule has 1 aliphatic heterocycles. The molecule has 0 N–H and O–H groups in total. The Balaban J connectivity index is 2.08. The van der Waals surface area contributed by atoms with E-state index in [-0.39, 0.29) is 0 Å². The Hall–Kier alpha value is -1.31. The maximum absolute atomic E-state index is 12.1. The quantitative estimate of drug-likeness (QED) is 0.814. The second-order valence-electron chi connectivity index (χ2n) is 5.08. The SMILES string of the molecule is CCOc1ccccc1N1CCN(S(=O)(=O)N(C)C)CC1. The third-order valence-corrected chi connectivity index (χ3v) is 5.47. The molecule has 0 atom stereocenters. The van der Waals surface area contributed by atoms with Gasteiger partial charge < -0.3 is 9.64 Å². The lowest BCUT2D eigenvalue weighted by molar-refractivity contribution is 0.333. The molecule has 1 aromatic carbocycles. The van der Waals surface area contributed by atoms with E-state index in [1.807, 2.05) is 31.2 Å². The number of nitrogens with zero attached hydrogens (tertiary/aromatic N) is 3. The fourth-order valence-electron chi connectivity index (χ4n) is 2.39. The summed E-state index contributed by atoms with van der Waals surface area (Å²) in [5.74, 6) is 0.851. The van der Waals surface area contributed by atoms with E-state index in [0.29, 0.717) is 32.8 Å². The second-order valence-corrected chi connectivity index (χ2v) is 7.22. The Labute approximate surface area is 127 Å². The van der Waals surface area contributed by atoms with Crippen LogP contribution in [0.2, 0.25) is 0 Å². The molecule has 0 radical (unpaired) electrons. The molecule has 1 heterocycles. The molecule has 7 heteroatoms. The Bertz CT molecular complexity index is 567. The Kier molecular flexibility index (Phi) is 5.08. The zero-order chi connectivity index (χ0) is 15.5. The summed E-state index contributed by atoms with van der Waals surface area (Å²) in [6.45, 7) is 4.88. The van der Waals surface area contributed by atoms with Gasteiger partial charge in [-0.2, -0.15) is 17.0 Å². The number of hydrogen-bond donors (Lipinski definition) is 0. The van der Waals surface area contributed by atoms with Gasteiger partial charge in [-0.05, 0) is 19.1 Å². The molecule has 21 heavy (non-hydrogen) atoms. The van der Waals surface area contributed by atoms with Gasteiger partial charge in [0.15, 0.2) is 0 Å². The lowest BCUT2D eigenvalue weighted by Gasteiger charge is -2.36. The molecular formula is C14H23N3O3S. The molecule has 0 spiro atoms. The van der Waals surface area contributed by atoms with Gasteiger partial charge >= 0.3 is 0 Å².